The molecule has 5 heteroatoms. The van der Waals surface area contributed by atoms with Gasteiger partial charge in [-0.05, 0) is 30.5 Å². The Bertz CT molecular complexity index is 513. The zero-order valence-corrected chi connectivity index (χ0v) is 14.4. The van der Waals surface area contributed by atoms with E-state index >= 15 is 0 Å². The van der Waals surface area contributed by atoms with Crippen molar-refractivity contribution in [2.75, 3.05) is 50.5 Å². The molecule has 0 unspecified atom stereocenters. The summed E-state index contributed by atoms with van der Waals surface area (Å²) in [5.41, 5.74) is 9.19. The van der Waals surface area contributed by atoms with Gasteiger partial charge in [0.15, 0.2) is 0 Å². The maximum absolute atomic E-state index is 12.1. The molecule has 1 aliphatic rings. The number of carbonyl (C=O) groups is 1. The van der Waals surface area contributed by atoms with Crippen LogP contribution >= 0.6 is 0 Å². The number of nitrogen functional groups attached to an aromatic ring is 1. The van der Waals surface area contributed by atoms with E-state index in [0.29, 0.717) is 6.42 Å². The number of nitrogens with two attached hydrogens (primary N) is 1. The van der Waals surface area contributed by atoms with Crippen LogP contribution < -0.4 is 10.6 Å². The van der Waals surface area contributed by atoms with Gasteiger partial charge in [-0.2, -0.15) is 0 Å². The third-order valence-electron chi connectivity index (χ3n) is 4.34. The van der Waals surface area contributed by atoms with Crippen molar-refractivity contribution >= 4 is 17.3 Å². The van der Waals surface area contributed by atoms with Crippen molar-refractivity contribution in [3.63, 3.8) is 0 Å². The molecule has 0 saturated carbocycles. The highest BCUT2D eigenvalue weighted by molar-refractivity contribution is 5.76. The van der Waals surface area contributed by atoms with E-state index in [2.05, 4.69) is 24.0 Å². The van der Waals surface area contributed by atoms with Gasteiger partial charge in [0.2, 0.25) is 5.91 Å². The molecule has 0 spiro atoms. The van der Waals surface area contributed by atoms with Gasteiger partial charge in [0.25, 0.3) is 0 Å². The molecular weight excluding hydrogens is 290 g/mol. The van der Waals surface area contributed by atoms with E-state index in [1.165, 1.54) is 0 Å². The van der Waals surface area contributed by atoms with Gasteiger partial charge in [0, 0.05) is 33.1 Å². The molecule has 1 aromatic rings. The molecular formula is C18H29N3O2. The first-order valence-electron chi connectivity index (χ1n) is 8.57. The number of morpholine rings is 1. The number of anilines is 2. The fourth-order valence-corrected chi connectivity index (χ4v) is 2.81. The van der Waals surface area contributed by atoms with Crippen molar-refractivity contribution in [1.82, 2.24) is 4.90 Å². The van der Waals surface area contributed by atoms with Gasteiger partial charge in [0.05, 0.1) is 24.6 Å². The molecule has 1 heterocycles. The summed E-state index contributed by atoms with van der Waals surface area (Å²) in [6.45, 7) is 6.23. The number of amides is 1. The second kappa shape index (κ2) is 8.77. The first-order valence-corrected chi connectivity index (χ1v) is 8.57. The summed E-state index contributed by atoms with van der Waals surface area (Å²) in [5.74, 6) is 0.203. The predicted octanol–water partition coefficient (Wildman–Crippen LogP) is 2.30. The minimum atomic E-state index is 0.203. The molecule has 128 valence electrons. The zero-order chi connectivity index (χ0) is 16.7. The first-order chi connectivity index (χ1) is 11.1. The largest absolute Gasteiger partial charge is 0.397 e. The van der Waals surface area contributed by atoms with Crippen LogP contribution in [0.25, 0.3) is 0 Å². The lowest BCUT2D eigenvalue weighted by Crippen LogP contribution is -2.36. The number of aryl methyl sites for hydroxylation is 1. The highest BCUT2D eigenvalue weighted by atomic mass is 16.5. The van der Waals surface area contributed by atoms with Crippen molar-refractivity contribution in [2.45, 2.75) is 32.6 Å². The Morgan fingerprint density at radius 2 is 2.09 bits per heavy atom. The molecule has 2 N–H and O–H groups in total. The number of nitrogens with zero attached hydrogens (tertiary/aromatic N) is 2. The number of ether oxygens (including phenoxy) is 1. The standard InChI is InChI=1S/C18H29N3O2/c1-3-4-9-20(2)18(22)8-6-15-5-7-17(16(19)14-15)21-10-12-23-13-11-21/h5,7,14H,3-4,6,8-13,19H2,1-2H3. The summed E-state index contributed by atoms with van der Waals surface area (Å²) in [7, 11) is 1.88. The summed E-state index contributed by atoms with van der Waals surface area (Å²) >= 11 is 0. The fourth-order valence-electron chi connectivity index (χ4n) is 2.81. The predicted molar refractivity (Wildman–Crippen MR) is 94.8 cm³/mol. The van der Waals surface area contributed by atoms with Crippen LogP contribution in [0.2, 0.25) is 0 Å². The van der Waals surface area contributed by atoms with Crippen molar-refractivity contribution in [2.24, 2.45) is 0 Å². The Morgan fingerprint density at radius 1 is 1.35 bits per heavy atom. The summed E-state index contributed by atoms with van der Waals surface area (Å²) in [5, 5.41) is 0. The number of hydrogen-bond donors (Lipinski definition) is 1. The number of carbonyl (C=O) groups excluding carboxylic acids is 1. The Balaban J connectivity index is 1.88. The van der Waals surface area contributed by atoms with Crippen LogP contribution in [0.5, 0.6) is 0 Å². The van der Waals surface area contributed by atoms with Crippen molar-refractivity contribution in [3.05, 3.63) is 23.8 Å². The number of rotatable bonds is 7. The average Bonchev–Trinajstić information content (AvgIpc) is 2.58. The van der Waals surface area contributed by atoms with Crippen LogP contribution in [0.3, 0.4) is 0 Å². The van der Waals surface area contributed by atoms with Gasteiger partial charge in [-0.15, -0.1) is 0 Å². The van der Waals surface area contributed by atoms with Crippen molar-refractivity contribution < 1.29 is 9.53 Å². The second-order valence-electron chi connectivity index (χ2n) is 6.16. The summed E-state index contributed by atoms with van der Waals surface area (Å²) < 4.78 is 5.38. The third-order valence-corrected chi connectivity index (χ3v) is 4.34. The number of hydrogen-bond acceptors (Lipinski definition) is 4. The molecule has 0 aromatic heterocycles. The molecule has 1 saturated heterocycles. The van der Waals surface area contributed by atoms with E-state index in [1.54, 1.807) is 0 Å². The second-order valence-corrected chi connectivity index (χ2v) is 6.16. The molecule has 2 rings (SSSR count). The minimum absolute atomic E-state index is 0.203. The topological polar surface area (TPSA) is 58.8 Å². The molecule has 23 heavy (non-hydrogen) atoms. The average molecular weight is 319 g/mol. The van der Waals surface area contributed by atoms with E-state index in [4.69, 9.17) is 10.5 Å². The monoisotopic (exact) mass is 319 g/mol. The van der Waals surface area contributed by atoms with Gasteiger partial charge in [-0.25, -0.2) is 0 Å². The minimum Gasteiger partial charge on any atom is -0.397 e. The molecule has 0 atom stereocenters. The Kier molecular flexibility index (Phi) is 6.71. The SMILES string of the molecule is CCCCN(C)C(=O)CCc1ccc(N2CCOCC2)c(N)c1. The summed E-state index contributed by atoms with van der Waals surface area (Å²) in [4.78, 5) is 16.2. The lowest BCUT2D eigenvalue weighted by molar-refractivity contribution is -0.129. The molecule has 0 aliphatic carbocycles. The van der Waals surface area contributed by atoms with E-state index in [9.17, 15) is 4.79 Å². The highest BCUT2D eigenvalue weighted by Gasteiger charge is 2.14. The van der Waals surface area contributed by atoms with Crippen LogP contribution in [-0.4, -0.2) is 50.7 Å². The van der Waals surface area contributed by atoms with Gasteiger partial charge >= 0.3 is 0 Å². The van der Waals surface area contributed by atoms with Gasteiger partial charge in [-0.3, -0.25) is 4.79 Å². The van der Waals surface area contributed by atoms with E-state index in [1.807, 2.05) is 18.0 Å². The zero-order valence-electron chi connectivity index (χ0n) is 14.4. The van der Waals surface area contributed by atoms with E-state index in [0.717, 1.165) is 69.0 Å². The third kappa shape index (κ3) is 5.13. The van der Waals surface area contributed by atoms with Gasteiger partial charge < -0.3 is 20.3 Å². The molecule has 0 radical (unpaired) electrons. The summed E-state index contributed by atoms with van der Waals surface area (Å²) in [6.07, 6.45) is 3.44. The van der Waals surface area contributed by atoms with Crippen LogP contribution in [0.1, 0.15) is 31.7 Å². The maximum Gasteiger partial charge on any atom is 0.222 e. The number of benzene rings is 1. The lowest BCUT2D eigenvalue weighted by Gasteiger charge is -2.30. The van der Waals surface area contributed by atoms with Crippen LogP contribution in [0, 0.1) is 0 Å². The van der Waals surface area contributed by atoms with Crippen LogP contribution in [0.15, 0.2) is 18.2 Å². The van der Waals surface area contributed by atoms with Crippen LogP contribution in [0.4, 0.5) is 11.4 Å². The molecule has 5 nitrogen and oxygen atoms in total. The maximum atomic E-state index is 12.1. The Labute approximate surface area is 139 Å². The Hall–Kier alpha value is -1.75. The van der Waals surface area contributed by atoms with Crippen molar-refractivity contribution in [1.29, 1.82) is 0 Å². The van der Waals surface area contributed by atoms with Gasteiger partial charge in [0.1, 0.15) is 0 Å². The van der Waals surface area contributed by atoms with Gasteiger partial charge in [-0.1, -0.05) is 19.4 Å². The fraction of sp³-hybridized carbons (Fsp3) is 0.611. The molecule has 0 bridgehead atoms. The molecule has 1 aromatic carbocycles. The van der Waals surface area contributed by atoms with E-state index in [-0.39, 0.29) is 5.91 Å². The van der Waals surface area contributed by atoms with Crippen molar-refractivity contribution in [3.8, 4) is 0 Å². The smallest absolute Gasteiger partial charge is 0.222 e. The molecule has 1 aliphatic heterocycles. The summed E-state index contributed by atoms with van der Waals surface area (Å²) in [6, 6.07) is 6.16. The molecule has 1 amide bonds. The first kappa shape index (κ1) is 17.6. The quantitative estimate of drug-likeness (QED) is 0.784. The molecule has 1 fully saturated rings. The van der Waals surface area contributed by atoms with Crippen LogP contribution in [-0.2, 0) is 16.0 Å². The number of unbranched alkanes of at least 4 members (excludes halogenated alkanes) is 1. The lowest BCUT2D eigenvalue weighted by atomic mass is 10.1. The van der Waals surface area contributed by atoms with E-state index < -0.39 is 0 Å². The Morgan fingerprint density at radius 3 is 2.74 bits per heavy atom. The normalized spacial score (nSPS) is 14.8. The highest BCUT2D eigenvalue weighted by Crippen LogP contribution is 2.25.